The van der Waals surface area contributed by atoms with Gasteiger partial charge in [0.2, 0.25) is 0 Å². The number of carbonyl (C=O) groups excluding carboxylic acids is 1. The van der Waals surface area contributed by atoms with Crippen LogP contribution in [-0.2, 0) is 4.74 Å². The van der Waals surface area contributed by atoms with Crippen molar-refractivity contribution in [1.82, 2.24) is 9.80 Å². The first kappa shape index (κ1) is 19.3. The highest BCUT2D eigenvalue weighted by atomic mass is 19.1. The molecule has 0 bridgehead atoms. The molecule has 26 heavy (non-hydrogen) atoms. The minimum absolute atomic E-state index is 0.0175. The fourth-order valence-corrected chi connectivity index (χ4v) is 2.70. The van der Waals surface area contributed by atoms with E-state index in [4.69, 9.17) is 9.84 Å². The Morgan fingerprint density at radius 2 is 1.96 bits per heavy atom. The van der Waals surface area contributed by atoms with Gasteiger partial charge in [-0.05, 0) is 18.2 Å². The molecule has 1 aliphatic rings. The number of ether oxygens (including phenoxy) is 2. The Hall–Kier alpha value is -3.04. The Morgan fingerprint density at radius 1 is 1.23 bits per heavy atom. The lowest BCUT2D eigenvalue weighted by atomic mass is 10.1. The van der Waals surface area contributed by atoms with Crippen molar-refractivity contribution in [3.8, 4) is 5.75 Å². The summed E-state index contributed by atoms with van der Waals surface area (Å²) in [5.41, 5.74) is 0.0405. The smallest absolute Gasteiger partial charge is 0.407 e. The van der Waals surface area contributed by atoms with E-state index in [0.29, 0.717) is 0 Å². The molecule has 1 aliphatic heterocycles. The average molecular weight is 370 g/mol. The Morgan fingerprint density at radius 3 is 2.54 bits per heavy atom. The second-order valence-electron chi connectivity index (χ2n) is 5.63. The van der Waals surface area contributed by atoms with Gasteiger partial charge >= 0.3 is 18.2 Å². The molecule has 9 nitrogen and oxygen atoms in total. The molecule has 0 unspecified atom stereocenters. The van der Waals surface area contributed by atoms with Gasteiger partial charge in [-0.15, -0.1) is 0 Å². The number of nitrogens with zero attached hydrogens (tertiary/aromatic N) is 2. The van der Waals surface area contributed by atoms with Crippen molar-refractivity contribution in [2.24, 2.45) is 0 Å². The third-order valence-corrected chi connectivity index (χ3v) is 4.06. The molecule has 0 radical (unpaired) electrons. The zero-order valence-corrected chi connectivity index (χ0v) is 14.1. The molecule has 1 fully saturated rings. The van der Waals surface area contributed by atoms with E-state index in [1.54, 1.807) is 0 Å². The topological polar surface area (TPSA) is 117 Å². The molecule has 1 heterocycles. The Kier molecular flexibility index (Phi) is 6.21. The van der Waals surface area contributed by atoms with E-state index >= 15 is 0 Å². The van der Waals surface area contributed by atoms with E-state index in [9.17, 15) is 23.9 Å². The van der Waals surface area contributed by atoms with Crippen LogP contribution in [0.1, 0.15) is 16.8 Å². The lowest BCUT2D eigenvalue weighted by molar-refractivity contribution is 0.0560. The molecule has 2 rings (SSSR count). The highest BCUT2D eigenvalue weighted by Crippen LogP contribution is 2.20. The van der Waals surface area contributed by atoms with Crippen LogP contribution in [0.2, 0.25) is 0 Å². The van der Waals surface area contributed by atoms with Gasteiger partial charge in [-0.2, -0.15) is 0 Å². The predicted molar refractivity (Wildman–Crippen MR) is 86.0 cm³/mol. The van der Waals surface area contributed by atoms with Gasteiger partial charge in [-0.25, -0.2) is 18.8 Å². The van der Waals surface area contributed by atoms with Crippen LogP contribution in [0.15, 0.2) is 18.2 Å². The van der Waals surface area contributed by atoms with Crippen LogP contribution in [0.5, 0.6) is 5.75 Å². The summed E-state index contributed by atoms with van der Waals surface area (Å²) >= 11 is 0. The lowest BCUT2D eigenvalue weighted by Crippen LogP contribution is -2.56. The van der Waals surface area contributed by atoms with Crippen molar-refractivity contribution < 1.29 is 38.5 Å². The van der Waals surface area contributed by atoms with Crippen LogP contribution in [0.3, 0.4) is 0 Å². The number of carboxylic acid groups (broad SMARTS) is 2. The highest BCUT2D eigenvalue weighted by Gasteiger charge is 2.32. The number of carbonyl (C=O) groups is 3. The molecular weight excluding hydrogens is 351 g/mol. The minimum Gasteiger partial charge on any atom is -0.490 e. The second-order valence-corrected chi connectivity index (χ2v) is 5.63. The number of halogens is 1. The van der Waals surface area contributed by atoms with E-state index in [0.717, 1.165) is 15.9 Å². The van der Waals surface area contributed by atoms with Crippen molar-refractivity contribution >= 4 is 18.2 Å². The van der Waals surface area contributed by atoms with Gasteiger partial charge in [0.15, 0.2) is 11.6 Å². The molecule has 1 saturated heterocycles. The van der Waals surface area contributed by atoms with E-state index in [2.05, 4.69) is 4.74 Å². The zero-order valence-electron chi connectivity index (χ0n) is 14.1. The van der Waals surface area contributed by atoms with Crippen LogP contribution in [-0.4, -0.2) is 77.6 Å². The van der Waals surface area contributed by atoms with E-state index in [1.165, 1.54) is 19.2 Å². The van der Waals surface area contributed by atoms with Gasteiger partial charge in [0.1, 0.15) is 0 Å². The highest BCUT2D eigenvalue weighted by molar-refractivity contribution is 5.89. The fourth-order valence-electron chi connectivity index (χ4n) is 2.70. The number of esters is 1. The Labute approximate surface area is 148 Å². The van der Waals surface area contributed by atoms with Gasteiger partial charge < -0.3 is 29.5 Å². The van der Waals surface area contributed by atoms with Crippen LogP contribution in [0, 0.1) is 5.82 Å². The van der Waals surface area contributed by atoms with E-state index in [-0.39, 0.29) is 44.0 Å². The summed E-state index contributed by atoms with van der Waals surface area (Å²) < 4.78 is 23.8. The molecule has 2 N–H and O–H groups in total. The molecule has 1 aromatic rings. The molecule has 2 amide bonds. The van der Waals surface area contributed by atoms with Gasteiger partial charge in [0, 0.05) is 26.1 Å². The Bertz CT molecular complexity index is 697. The summed E-state index contributed by atoms with van der Waals surface area (Å²) in [6.07, 6.45) is -2.08. The van der Waals surface area contributed by atoms with Crippen molar-refractivity contribution in [1.29, 1.82) is 0 Å². The third-order valence-electron chi connectivity index (χ3n) is 4.06. The van der Waals surface area contributed by atoms with Gasteiger partial charge in [0.05, 0.1) is 25.3 Å². The van der Waals surface area contributed by atoms with Crippen molar-refractivity contribution in [2.45, 2.75) is 12.5 Å². The van der Waals surface area contributed by atoms with Gasteiger partial charge in [0.25, 0.3) is 0 Å². The van der Waals surface area contributed by atoms with Crippen LogP contribution < -0.4 is 4.74 Å². The van der Waals surface area contributed by atoms with E-state index < -0.39 is 30.0 Å². The Balaban J connectivity index is 1.97. The maximum atomic E-state index is 14.0. The summed E-state index contributed by atoms with van der Waals surface area (Å²) in [4.78, 5) is 36.0. The molecule has 0 spiro atoms. The molecule has 10 heteroatoms. The first-order valence-corrected chi connectivity index (χ1v) is 7.81. The monoisotopic (exact) mass is 370 g/mol. The zero-order chi connectivity index (χ0) is 19.3. The van der Waals surface area contributed by atoms with Crippen LogP contribution in [0.25, 0.3) is 0 Å². The molecule has 0 aromatic heterocycles. The first-order valence-electron chi connectivity index (χ1n) is 7.81. The first-order chi connectivity index (χ1) is 12.3. The third kappa shape index (κ3) is 4.52. The largest absolute Gasteiger partial charge is 0.490 e. The number of rotatable bonds is 5. The summed E-state index contributed by atoms with van der Waals surface area (Å²) in [7, 11) is 1.18. The summed E-state index contributed by atoms with van der Waals surface area (Å²) in [5, 5.41) is 18.3. The SMILES string of the molecule is COC(=O)c1ccc(OCC[C@@H]2CN(C(=O)O)CCN2C(=O)O)c(F)c1. The molecule has 0 aliphatic carbocycles. The van der Waals surface area contributed by atoms with Gasteiger partial charge in [-0.3, -0.25) is 0 Å². The van der Waals surface area contributed by atoms with Crippen LogP contribution in [0.4, 0.5) is 14.0 Å². The lowest BCUT2D eigenvalue weighted by Gasteiger charge is -2.38. The number of benzene rings is 1. The quantitative estimate of drug-likeness (QED) is 0.758. The van der Waals surface area contributed by atoms with E-state index in [1.807, 2.05) is 0 Å². The summed E-state index contributed by atoms with van der Waals surface area (Å²) in [5.74, 6) is -1.52. The number of hydrogen-bond donors (Lipinski definition) is 2. The molecule has 0 saturated carbocycles. The molecule has 1 atom stereocenters. The van der Waals surface area contributed by atoms with Gasteiger partial charge in [-0.1, -0.05) is 0 Å². The van der Waals surface area contributed by atoms with Crippen molar-refractivity contribution in [3.05, 3.63) is 29.6 Å². The average Bonchev–Trinajstić information content (AvgIpc) is 2.61. The number of methoxy groups -OCH3 is 1. The summed E-state index contributed by atoms with van der Waals surface area (Å²) in [6, 6.07) is 3.02. The molecule has 1 aromatic carbocycles. The maximum absolute atomic E-state index is 14.0. The fraction of sp³-hybridized carbons (Fsp3) is 0.438. The number of hydrogen-bond acceptors (Lipinski definition) is 5. The number of piperazine rings is 1. The molecular formula is C16H19FN2O7. The standard InChI is InChI=1S/C16H19FN2O7/c1-25-14(20)10-2-3-13(12(17)8-10)26-7-4-11-9-18(15(21)22)5-6-19(11)16(23)24/h2-3,8,11H,4-7,9H2,1H3,(H,21,22)(H,23,24)/t11-/m1/s1. The normalized spacial score (nSPS) is 16.9. The van der Waals surface area contributed by atoms with Crippen molar-refractivity contribution in [2.75, 3.05) is 33.4 Å². The summed E-state index contributed by atoms with van der Waals surface area (Å²) in [6.45, 7) is 0.169. The predicted octanol–water partition coefficient (Wildman–Crippen LogP) is 1.72. The molecule has 142 valence electrons. The second kappa shape index (κ2) is 8.37. The van der Waals surface area contributed by atoms with Crippen LogP contribution >= 0.6 is 0 Å². The van der Waals surface area contributed by atoms with Crippen molar-refractivity contribution in [3.63, 3.8) is 0 Å². The maximum Gasteiger partial charge on any atom is 0.407 e. The number of amides is 2. The minimum atomic E-state index is -1.14.